The molecular weight excluding hydrogens is 377 g/mol. The lowest BCUT2D eigenvalue weighted by atomic mass is 10.3. The van der Waals surface area contributed by atoms with Crippen LogP contribution in [0.5, 0.6) is 0 Å². The molecule has 6 nitrogen and oxygen atoms in total. The zero-order valence-electron chi connectivity index (χ0n) is 14.6. The maximum atomic E-state index is 12.6. The summed E-state index contributed by atoms with van der Waals surface area (Å²) in [7, 11) is 1.61. The molecule has 0 aliphatic heterocycles. The molecule has 2 N–H and O–H groups in total. The van der Waals surface area contributed by atoms with E-state index in [4.69, 9.17) is 0 Å². The summed E-state index contributed by atoms with van der Waals surface area (Å²) in [5, 5.41) is 7.49. The van der Waals surface area contributed by atoms with E-state index in [-0.39, 0.29) is 6.54 Å². The molecular formula is C17H19F3N6S. The van der Waals surface area contributed by atoms with E-state index in [1.807, 2.05) is 30.6 Å². The number of benzene rings is 1. The first-order chi connectivity index (χ1) is 13.0. The van der Waals surface area contributed by atoms with E-state index in [1.54, 1.807) is 7.05 Å². The lowest BCUT2D eigenvalue weighted by Crippen LogP contribution is -2.37. The Morgan fingerprint density at radius 2 is 2.07 bits per heavy atom. The van der Waals surface area contributed by atoms with Crippen LogP contribution in [-0.2, 0) is 19.3 Å². The van der Waals surface area contributed by atoms with Crippen molar-refractivity contribution in [1.82, 2.24) is 25.2 Å². The predicted octanol–water partition coefficient (Wildman–Crippen LogP) is 3.27. The van der Waals surface area contributed by atoms with Crippen LogP contribution in [0.25, 0.3) is 11.0 Å². The maximum absolute atomic E-state index is 12.6. The highest BCUT2D eigenvalue weighted by Crippen LogP contribution is 2.29. The molecule has 1 aromatic carbocycles. The first-order valence-corrected chi connectivity index (χ1v) is 9.21. The Bertz CT molecular complexity index is 915. The Kier molecular flexibility index (Phi) is 5.94. The summed E-state index contributed by atoms with van der Waals surface area (Å²) in [6, 6.07) is 7.93. The van der Waals surface area contributed by atoms with Crippen LogP contribution in [0.2, 0.25) is 0 Å². The van der Waals surface area contributed by atoms with Crippen LogP contribution < -0.4 is 10.6 Å². The SMILES string of the molecule is CN=C(NCCCn1cnc2ccccc21)NCc1nc(C(F)(F)F)cs1. The molecule has 0 radical (unpaired) electrons. The van der Waals surface area contributed by atoms with Crippen LogP contribution in [0.15, 0.2) is 41.0 Å². The Hall–Kier alpha value is -2.62. The molecule has 2 heterocycles. The number of halogens is 3. The van der Waals surface area contributed by atoms with Gasteiger partial charge >= 0.3 is 6.18 Å². The fraction of sp³-hybridized carbons (Fsp3) is 0.353. The third kappa shape index (κ3) is 4.97. The normalized spacial score (nSPS) is 12.5. The Labute approximate surface area is 158 Å². The van der Waals surface area contributed by atoms with Crippen LogP contribution in [0.1, 0.15) is 17.1 Å². The van der Waals surface area contributed by atoms with Gasteiger partial charge in [-0.05, 0) is 18.6 Å². The van der Waals surface area contributed by atoms with Crippen molar-refractivity contribution < 1.29 is 13.2 Å². The van der Waals surface area contributed by atoms with Crippen molar-refractivity contribution in [3.05, 3.63) is 46.7 Å². The molecule has 0 atom stereocenters. The van der Waals surface area contributed by atoms with Gasteiger partial charge in [-0.2, -0.15) is 13.2 Å². The number of rotatable bonds is 6. The third-order valence-electron chi connectivity index (χ3n) is 3.87. The molecule has 10 heteroatoms. The van der Waals surface area contributed by atoms with E-state index in [1.165, 1.54) is 0 Å². The number of para-hydroxylation sites is 2. The van der Waals surface area contributed by atoms with Crippen LogP contribution in [0.3, 0.4) is 0 Å². The maximum Gasteiger partial charge on any atom is 0.434 e. The molecule has 27 heavy (non-hydrogen) atoms. The molecule has 0 aliphatic carbocycles. The minimum Gasteiger partial charge on any atom is -0.356 e. The molecule has 0 fully saturated rings. The van der Waals surface area contributed by atoms with Gasteiger partial charge < -0.3 is 15.2 Å². The smallest absolute Gasteiger partial charge is 0.356 e. The average molecular weight is 396 g/mol. The molecule has 0 spiro atoms. The van der Waals surface area contributed by atoms with Gasteiger partial charge in [0.15, 0.2) is 11.7 Å². The van der Waals surface area contributed by atoms with Gasteiger partial charge in [0.1, 0.15) is 5.01 Å². The number of nitrogens with one attached hydrogen (secondary N) is 2. The molecule has 0 aliphatic rings. The number of thiazole rings is 1. The molecule has 0 saturated carbocycles. The second kappa shape index (κ2) is 8.38. The lowest BCUT2D eigenvalue weighted by molar-refractivity contribution is -0.140. The zero-order valence-corrected chi connectivity index (χ0v) is 15.4. The number of nitrogens with zero attached hydrogens (tertiary/aromatic N) is 4. The van der Waals surface area contributed by atoms with Crippen LogP contribution in [0, 0.1) is 0 Å². The quantitative estimate of drug-likeness (QED) is 0.381. The standard InChI is InChI=1S/C17H19F3N6S/c1-21-16(23-9-15-25-14(10-27-15)17(18,19)20)22-7-4-8-26-11-24-12-5-2-3-6-13(12)26/h2-3,5-6,10-11H,4,7-9H2,1H3,(H2,21,22,23). The van der Waals surface area contributed by atoms with E-state index in [0.29, 0.717) is 17.5 Å². The van der Waals surface area contributed by atoms with Crippen LogP contribution in [-0.4, -0.2) is 34.1 Å². The highest BCUT2D eigenvalue weighted by Gasteiger charge is 2.33. The van der Waals surface area contributed by atoms with Crippen molar-refractivity contribution in [2.75, 3.05) is 13.6 Å². The summed E-state index contributed by atoms with van der Waals surface area (Å²) < 4.78 is 39.8. The van der Waals surface area contributed by atoms with Gasteiger partial charge in [-0.3, -0.25) is 4.99 Å². The molecule has 3 rings (SSSR count). The first kappa shape index (κ1) is 19.2. The molecule has 0 unspecified atom stereocenters. The van der Waals surface area contributed by atoms with Crippen molar-refractivity contribution in [2.45, 2.75) is 25.7 Å². The monoisotopic (exact) mass is 396 g/mol. The first-order valence-electron chi connectivity index (χ1n) is 8.33. The second-order valence-corrected chi connectivity index (χ2v) is 6.70. The average Bonchev–Trinajstić information content (AvgIpc) is 3.28. The number of alkyl halides is 3. The molecule has 0 amide bonds. The van der Waals surface area contributed by atoms with E-state index < -0.39 is 11.9 Å². The van der Waals surface area contributed by atoms with Gasteiger partial charge in [-0.15, -0.1) is 11.3 Å². The number of hydrogen-bond acceptors (Lipinski definition) is 4. The van der Waals surface area contributed by atoms with Gasteiger partial charge in [0.2, 0.25) is 0 Å². The number of aliphatic imine (C=N–C) groups is 1. The number of aryl methyl sites for hydroxylation is 1. The summed E-state index contributed by atoms with van der Waals surface area (Å²) in [4.78, 5) is 12.0. The third-order valence-corrected chi connectivity index (χ3v) is 4.72. The highest BCUT2D eigenvalue weighted by molar-refractivity contribution is 7.09. The van der Waals surface area contributed by atoms with Crippen molar-refractivity contribution in [2.24, 2.45) is 4.99 Å². The van der Waals surface area contributed by atoms with Crippen molar-refractivity contribution in [3.63, 3.8) is 0 Å². The van der Waals surface area contributed by atoms with E-state index in [9.17, 15) is 13.2 Å². The highest BCUT2D eigenvalue weighted by atomic mass is 32.1. The number of aromatic nitrogens is 3. The summed E-state index contributed by atoms with van der Waals surface area (Å²) in [5.74, 6) is 0.522. The van der Waals surface area contributed by atoms with Crippen molar-refractivity contribution >= 4 is 28.3 Å². The molecule has 0 bridgehead atoms. The van der Waals surface area contributed by atoms with Crippen molar-refractivity contribution in [3.8, 4) is 0 Å². The molecule has 144 valence electrons. The number of fused-ring (bicyclic) bond motifs is 1. The summed E-state index contributed by atoms with van der Waals surface area (Å²) in [6.45, 7) is 1.65. The van der Waals surface area contributed by atoms with Crippen LogP contribution in [0.4, 0.5) is 13.2 Å². The fourth-order valence-corrected chi connectivity index (χ4v) is 3.29. The molecule has 2 aromatic heterocycles. The van der Waals surface area contributed by atoms with Gasteiger partial charge in [-0.1, -0.05) is 12.1 Å². The van der Waals surface area contributed by atoms with Crippen molar-refractivity contribution in [1.29, 1.82) is 0 Å². The van der Waals surface area contributed by atoms with Gasteiger partial charge in [0.05, 0.1) is 23.9 Å². The second-order valence-electron chi connectivity index (χ2n) is 5.76. The lowest BCUT2D eigenvalue weighted by Gasteiger charge is -2.11. The van der Waals surface area contributed by atoms with Gasteiger partial charge in [-0.25, -0.2) is 9.97 Å². The number of hydrogen-bond donors (Lipinski definition) is 2. The minimum atomic E-state index is -4.41. The largest absolute Gasteiger partial charge is 0.434 e. The topological polar surface area (TPSA) is 67.1 Å². The Morgan fingerprint density at radius 1 is 1.26 bits per heavy atom. The molecule has 0 saturated heterocycles. The molecule has 3 aromatic rings. The number of guanidine groups is 1. The predicted molar refractivity (Wildman–Crippen MR) is 99.7 cm³/mol. The number of imidazole rings is 1. The van der Waals surface area contributed by atoms with E-state index in [0.717, 1.165) is 40.7 Å². The van der Waals surface area contributed by atoms with Gasteiger partial charge in [0, 0.05) is 25.5 Å². The summed E-state index contributed by atoms with van der Waals surface area (Å²) in [6.07, 6.45) is -1.75. The van der Waals surface area contributed by atoms with E-state index in [2.05, 4.69) is 30.2 Å². The fourth-order valence-electron chi connectivity index (χ4n) is 2.55. The summed E-state index contributed by atoms with van der Waals surface area (Å²) in [5.41, 5.74) is 1.19. The minimum absolute atomic E-state index is 0.187. The Morgan fingerprint density at radius 3 is 2.81 bits per heavy atom. The van der Waals surface area contributed by atoms with Crippen LogP contribution >= 0.6 is 11.3 Å². The van der Waals surface area contributed by atoms with Gasteiger partial charge in [0.25, 0.3) is 0 Å². The zero-order chi connectivity index (χ0) is 19.3. The summed E-state index contributed by atoms with van der Waals surface area (Å²) >= 11 is 0.970. The van der Waals surface area contributed by atoms with E-state index >= 15 is 0 Å². The Balaban J connectivity index is 1.43.